The van der Waals surface area contributed by atoms with E-state index in [0.717, 1.165) is 12.8 Å². The number of benzene rings is 1. The summed E-state index contributed by atoms with van der Waals surface area (Å²) in [4.78, 5) is 10.5. The largest absolute Gasteiger partial charge is 0.483 e. The summed E-state index contributed by atoms with van der Waals surface area (Å²) in [5.74, 6) is 0.641. The maximum atomic E-state index is 11.0. The monoisotopic (exact) mass is 377 g/mol. The molecule has 0 radical (unpaired) electrons. The lowest BCUT2D eigenvalue weighted by Gasteiger charge is -2.16. The van der Waals surface area contributed by atoms with Gasteiger partial charge in [0.2, 0.25) is 5.75 Å². The molecule has 1 unspecified atom stereocenters. The lowest BCUT2D eigenvalue weighted by Crippen LogP contribution is -2.20. The number of rotatable bonds is 6. The molecule has 2 rings (SSSR count). The van der Waals surface area contributed by atoms with E-state index >= 15 is 0 Å². The molecule has 1 saturated carbocycles. The Morgan fingerprint density at radius 2 is 2.14 bits per heavy atom. The molecule has 1 aliphatic rings. The lowest BCUT2D eigenvalue weighted by atomic mass is 10.0. The minimum atomic E-state index is -0.615. The first-order valence-electron chi connectivity index (χ1n) is 6.91. The van der Waals surface area contributed by atoms with Gasteiger partial charge in [-0.25, -0.2) is 0 Å². The van der Waals surface area contributed by atoms with Crippen molar-refractivity contribution in [2.24, 2.45) is 5.92 Å². The van der Waals surface area contributed by atoms with E-state index in [4.69, 9.17) is 16.3 Å². The molecule has 1 fully saturated rings. The molecule has 0 aromatic heterocycles. The van der Waals surface area contributed by atoms with Crippen LogP contribution in [0.2, 0.25) is 5.02 Å². The summed E-state index contributed by atoms with van der Waals surface area (Å²) in [5, 5.41) is 21.3. The van der Waals surface area contributed by atoms with Crippen molar-refractivity contribution in [2.75, 3.05) is 6.61 Å². The van der Waals surface area contributed by atoms with Crippen molar-refractivity contribution in [1.29, 1.82) is 0 Å². The van der Waals surface area contributed by atoms with Crippen LogP contribution in [0.1, 0.15) is 32.1 Å². The average molecular weight is 379 g/mol. The van der Waals surface area contributed by atoms with Gasteiger partial charge >= 0.3 is 5.69 Å². The minimum absolute atomic E-state index is 0.0393. The lowest BCUT2D eigenvalue weighted by molar-refractivity contribution is -0.386. The first-order valence-corrected chi connectivity index (χ1v) is 8.08. The molecule has 21 heavy (non-hydrogen) atoms. The van der Waals surface area contributed by atoms with Crippen molar-refractivity contribution in [1.82, 2.24) is 0 Å². The molecule has 1 aliphatic carbocycles. The van der Waals surface area contributed by atoms with Crippen LogP contribution in [-0.2, 0) is 0 Å². The van der Waals surface area contributed by atoms with Crippen LogP contribution in [0.25, 0.3) is 0 Å². The molecule has 1 aromatic rings. The average Bonchev–Trinajstić information content (AvgIpc) is 2.89. The smallest absolute Gasteiger partial charge is 0.313 e. The number of hydrogen-bond acceptors (Lipinski definition) is 4. The van der Waals surface area contributed by atoms with Crippen LogP contribution in [-0.4, -0.2) is 22.7 Å². The van der Waals surface area contributed by atoms with Gasteiger partial charge in [-0.2, -0.15) is 0 Å². The fraction of sp³-hybridized carbons (Fsp3) is 0.571. The molecule has 0 heterocycles. The third kappa shape index (κ3) is 4.56. The van der Waals surface area contributed by atoms with Gasteiger partial charge in [-0.15, -0.1) is 0 Å². The van der Waals surface area contributed by atoms with Gasteiger partial charge in [0.15, 0.2) is 0 Å². The summed E-state index contributed by atoms with van der Waals surface area (Å²) in [5.41, 5.74) is -0.206. The van der Waals surface area contributed by atoms with Gasteiger partial charge in [0, 0.05) is 11.1 Å². The Hall–Kier alpha value is -0.850. The highest BCUT2D eigenvalue weighted by Crippen LogP contribution is 2.38. The molecule has 1 N–H and O–H groups in total. The normalized spacial score (nSPS) is 16.9. The molecule has 0 amide bonds. The molecule has 5 nitrogen and oxygen atoms in total. The third-order valence-electron chi connectivity index (χ3n) is 3.69. The zero-order valence-electron chi connectivity index (χ0n) is 11.4. The molecular formula is C14H17BrClNO4. The van der Waals surface area contributed by atoms with Gasteiger partial charge in [0.05, 0.1) is 15.5 Å². The molecule has 0 bridgehead atoms. The minimum Gasteiger partial charge on any atom is -0.483 e. The number of hydrogen-bond donors (Lipinski definition) is 1. The number of nitrogens with zero attached hydrogens (tertiary/aromatic N) is 1. The Labute approximate surface area is 136 Å². The molecule has 0 aliphatic heterocycles. The zero-order valence-corrected chi connectivity index (χ0v) is 13.8. The van der Waals surface area contributed by atoms with Gasteiger partial charge in [-0.05, 0) is 34.3 Å². The van der Waals surface area contributed by atoms with Crippen molar-refractivity contribution in [3.63, 3.8) is 0 Å². The second-order valence-electron chi connectivity index (χ2n) is 5.34. The standard InChI is InChI=1S/C14H17BrClNO4/c15-12-6-10(16)7-13(17(19)20)14(12)21-8-11(18)5-9-3-1-2-4-9/h6-7,9,11,18H,1-5,8H2. The van der Waals surface area contributed by atoms with Crippen molar-refractivity contribution in [3.05, 3.63) is 31.7 Å². The molecular weight excluding hydrogens is 362 g/mol. The predicted molar refractivity (Wildman–Crippen MR) is 83.9 cm³/mol. The number of nitro benzene ring substituents is 1. The van der Waals surface area contributed by atoms with E-state index in [1.165, 1.54) is 25.0 Å². The van der Waals surface area contributed by atoms with Crippen LogP contribution < -0.4 is 4.74 Å². The maximum Gasteiger partial charge on any atom is 0.313 e. The number of aliphatic hydroxyl groups is 1. The fourth-order valence-electron chi connectivity index (χ4n) is 2.70. The topological polar surface area (TPSA) is 72.6 Å². The van der Waals surface area contributed by atoms with Crippen LogP contribution in [0.3, 0.4) is 0 Å². The van der Waals surface area contributed by atoms with Crippen LogP contribution in [0, 0.1) is 16.0 Å². The van der Waals surface area contributed by atoms with Crippen LogP contribution in [0.5, 0.6) is 5.75 Å². The zero-order chi connectivity index (χ0) is 15.4. The molecule has 7 heteroatoms. The van der Waals surface area contributed by atoms with E-state index in [9.17, 15) is 15.2 Å². The Bertz CT molecular complexity index is 520. The van der Waals surface area contributed by atoms with Crippen LogP contribution >= 0.6 is 27.5 Å². The predicted octanol–water partition coefficient (Wildman–Crippen LogP) is 4.33. The van der Waals surface area contributed by atoms with E-state index in [-0.39, 0.29) is 23.1 Å². The number of nitro groups is 1. The van der Waals surface area contributed by atoms with Gasteiger partial charge in [-0.1, -0.05) is 37.3 Å². The van der Waals surface area contributed by atoms with Crippen molar-refractivity contribution < 1.29 is 14.8 Å². The van der Waals surface area contributed by atoms with E-state index in [2.05, 4.69) is 15.9 Å². The summed E-state index contributed by atoms with van der Waals surface area (Å²) >= 11 is 9.01. The fourth-order valence-corrected chi connectivity index (χ4v) is 3.61. The van der Waals surface area contributed by atoms with Crippen molar-refractivity contribution in [2.45, 2.75) is 38.2 Å². The second kappa shape index (κ2) is 7.42. The number of ether oxygens (including phenoxy) is 1. The Kier molecular flexibility index (Phi) is 5.84. The Morgan fingerprint density at radius 3 is 2.76 bits per heavy atom. The van der Waals surface area contributed by atoms with Crippen LogP contribution in [0.15, 0.2) is 16.6 Å². The van der Waals surface area contributed by atoms with Gasteiger partial charge in [0.1, 0.15) is 6.61 Å². The highest BCUT2D eigenvalue weighted by Gasteiger charge is 2.23. The highest BCUT2D eigenvalue weighted by molar-refractivity contribution is 9.10. The first-order chi connectivity index (χ1) is 9.97. The summed E-state index contributed by atoms with van der Waals surface area (Å²) in [6, 6.07) is 2.78. The molecule has 0 spiro atoms. The quantitative estimate of drug-likeness (QED) is 0.590. The first kappa shape index (κ1) is 16.5. The van der Waals surface area contributed by atoms with Crippen molar-refractivity contribution >= 4 is 33.2 Å². The summed E-state index contributed by atoms with van der Waals surface area (Å²) < 4.78 is 5.87. The third-order valence-corrected chi connectivity index (χ3v) is 4.49. The van der Waals surface area contributed by atoms with Gasteiger partial charge in [-0.3, -0.25) is 10.1 Å². The molecule has 1 atom stereocenters. The highest BCUT2D eigenvalue weighted by atomic mass is 79.9. The van der Waals surface area contributed by atoms with E-state index in [1.54, 1.807) is 0 Å². The Morgan fingerprint density at radius 1 is 1.48 bits per heavy atom. The van der Waals surface area contributed by atoms with Crippen molar-refractivity contribution in [3.8, 4) is 5.75 Å². The number of halogens is 2. The maximum absolute atomic E-state index is 11.0. The molecule has 116 valence electrons. The Balaban J connectivity index is 2.00. The summed E-state index contributed by atoms with van der Waals surface area (Å²) in [6.07, 6.45) is 4.77. The van der Waals surface area contributed by atoms with E-state index < -0.39 is 11.0 Å². The van der Waals surface area contributed by atoms with E-state index in [1.807, 2.05) is 0 Å². The van der Waals surface area contributed by atoms with Crippen LogP contribution in [0.4, 0.5) is 5.69 Å². The summed E-state index contributed by atoms with van der Waals surface area (Å²) in [6.45, 7) is 0.0393. The summed E-state index contributed by atoms with van der Waals surface area (Å²) in [7, 11) is 0. The molecule has 1 aromatic carbocycles. The SMILES string of the molecule is O=[N+]([O-])c1cc(Cl)cc(Br)c1OCC(O)CC1CCCC1. The molecule has 0 saturated heterocycles. The second-order valence-corrected chi connectivity index (χ2v) is 6.63. The van der Waals surface area contributed by atoms with Gasteiger partial charge < -0.3 is 9.84 Å². The van der Waals surface area contributed by atoms with E-state index in [0.29, 0.717) is 16.8 Å². The number of aliphatic hydroxyl groups excluding tert-OH is 1. The van der Waals surface area contributed by atoms with Gasteiger partial charge in [0.25, 0.3) is 0 Å².